The van der Waals surface area contributed by atoms with Crippen molar-refractivity contribution in [2.75, 3.05) is 32.8 Å². The van der Waals surface area contributed by atoms with Crippen LogP contribution in [0.4, 0.5) is 0 Å². The van der Waals surface area contributed by atoms with Gasteiger partial charge in [0.15, 0.2) is 0 Å². The Labute approximate surface area is 140 Å². The molecule has 1 atom stereocenters. The van der Waals surface area contributed by atoms with Gasteiger partial charge in [0.2, 0.25) is 0 Å². The van der Waals surface area contributed by atoms with Crippen LogP contribution in [0.1, 0.15) is 22.2 Å². The number of amides is 1. The molecule has 6 heteroatoms. The van der Waals surface area contributed by atoms with Crippen LogP contribution in [0.5, 0.6) is 0 Å². The first kappa shape index (κ1) is 16.6. The standard InChI is InChI=1S/C18H21N3O3/c19-11-17(22)16-5-4-15(12-20-16)13-2-1-3-14(10-13)18(23)21-6-8-24-9-7-21/h1-5,10,12,17,22H,6-9,11,19H2. The summed E-state index contributed by atoms with van der Waals surface area (Å²) in [6, 6.07) is 11.1. The number of ether oxygens (including phenoxy) is 1. The number of pyridine rings is 1. The summed E-state index contributed by atoms with van der Waals surface area (Å²) in [7, 11) is 0. The molecule has 1 unspecified atom stereocenters. The topological polar surface area (TPSA) is 88.7 Å². The largest absolute Gasteiger partial charge is 0.385 e. The average molecular weight is 327 g/mol. The molecule has 0 bridgehead atoms. The number of morpholine rings is 1. The number of aliphatic hydroxyl groups is 1. The van der Waals surface area contributed by atoms with Crippen LogP contribution in [-0.2, 0) is 4.74 Å². The Morgan fingerprint density at radius 1 is 1.25 bits per heavy atom. The Morgan fingerprint density at radius 2 is 2.04 bits per heavy atom. The monoisotopic (exact) mass is 327 g/mol. The molecule has 1 aliphatic rings. The zero-order valence-corrected chi connectivity index (χ0v) is 13.4. The van der Waals surface area contributed by atoms with E-state index in [1.807, 2.05) is 35.2 Å². The lowest BCUT2D eigenvalue weighted by molar-refractivity contribution is 0.0303. The molecule has 1 aromatic carbocycles. The molecular formula is C18H21N3O3. The zero-order valence-electron chi connectivity index (χ0n) is 13.4. The van der Waals surface area contributed by atoms with Crippen LogP contribution in [0.2, 0.25) is 0 Å². The maximum Gasteiger partial charge on any atom is 0.254 e. The van der Waals surface area contributed by atoms with Gasteiger partial charge in [-0.1, -0.05) is 18.2 Å². The summed E-state index contributed by atoms with van der Waals surface area (Å²) >= 11 is 0. The molecule has 1 saturated heterocycles. The fourth-order valence-corrected chi connectivity index (χ4v) is 2.67. The summed E-state index contributed by atoms with van der Waals surface area (Å²) in [5.74, 6) is 0.0169. The average Bonchev–Trinajstić information content (AvgIpc) is 2.67. The second kappa shape index (κ2) is 7.53. The van der Waals surface area contributed by atoms with Crippen molar-refractivity contribution in [3.05, 3.63) is 53.9 Å². The lowest BCUT2D eigenvalue weighted by Gasteiger charge is -2.27. The molecule has 2 heterocycles. The third kappa shape index (κ3) is 3.62. The molecule has 0 spiro atoms. The molecule has 2 aromatic rings. The number of carbonyl (C=O) groups excluding carboxylic acids is 1. The Bertz CT molecular complexity index is 697. The van der Waals surface area contributed by atoms with Gasteiger partial charge in [0.05, 0.1) is 18.9 Å². The van der Waals surface area contributed by atoms with E-state index in [1.165, 1.54) is 0 Å². The number of benzene rings is 1. The number of nitrogens with zero attached hydrogens (tertiary/aromatic N) is 2. The Morgan fingerprint density at radius 3 is 2.71 bits per heavy atom. The van der Waals surface area contributed by atoms with Crippen molar-refractivity contribution in [1.82, 2.24) is 9.88 Å². The molecule has 0 saturated carbocycles. The first-order valence-electron chi connectivity index (χ1n) is 8.00. The highest BCUT2D eigenvalue weighted by atomic mass is 16.5. The van der Waals surface area contributed by atoms with Gasteiger partial charge < -0.3 is 20.5 Å². The maximum absolute atomic E-state index is 12.6. The van der Waals surface area contributed by atoms with Crippen molar-refractivity contribution in [3.63, 3.8) is 0 Å². The van der Waals surface area contributed by atoms with Gasteiger partial charge >= 0.3 is 0 Å². The molecule has 1 aromatic heterocycles. The van der Waals surface area contributed by atoms with Crippen LogP contribution < -0.4 is 5.73 Å². The smallest absolute Gasteiger partial charge is 0.254 e. The van der Waals surface area contributed by atoms with Gasteiger partial charge in [0.1, 0.15) is 6.10 Å². The second-order valence-electron chi connectivity index (χ2n) is 5.71. The number of hydrogen-bond donors (Lipinski definition) is 2. The highest BCUT2D eigenvalue weighted by Gasteiger charge is 2.18. The molecule has 126 valence electrons. The van der Waals surface area contributed by atoms with Crippen LogP contribution in [-0.4, -0.2) is 53.7 Å². The predicted octanol–water partition coefficient (Wildman–Crippen LogP) is 1.21. The minimum absolute atomic E-state index is 0.0169. The van der Waals surface area contributed by atoms with E-state index in [2.05, 4.69) is 4.98 Å². The number of nitrogens with two attached hydrogens (primary N) is 1. The minimum atomic E-state index is -0.756. The Kier molecular flexibility index (Phi) is 5.20. The maximum atomic E-state index is 12.6. The molecular weight excluding hydrogens is 306 g/mol. The van der Waals surface area contributed by atoms with Gasteiger partial charge in [0, 0.05) is 37.0 Å². The van der Waals surface area contributed by atoms with Crippen LogP contribution >= 0.6 is 0 Å². The van der Waals surface area contributed by atoms with E-state index in [1.54, 1.807) is 12.3 Å². The lowest BCUT2D eigenvalue weighted by atomic mass is 10.0. The SMILES string of the molecule is NCC(O)c1ccc(-c2cccc(C(=O)N3CCOCC3)c2)cn1. The minimum Gasteiger partial charge on any atom is -0.385 e. The molecule has 24 heavy (non-hydrogen) atoms. The van der Waals surface area contributed by atoms with Crippen LogP contribution in [0, 0.1) is 0 Å². The number of carbonyl (C=O) groups is 1. The lowest BCUT2D eigenvalue weighted by Crippen LogP contribution is -2.40. The van der Waals surface area contributed by atoms with Crippen molar-refractivity contribution >= 4 is 5.91 Å². The molecule has 1 aliphatic heterocycles. The molecule has 1 fully saturated rings. The summed E-state index contributed by atoms with van der Waals surface area (Å²) < 4.78 is 5.29. The van der Waals surface area contributed by atoms with E-state index >= 15 is 0 Å². The first-order valence-corrected chi connectivity index (χ1v) is 8.00. The number of rotatable bonds is 4. The summed E-state index contributed by atoms with van der Waals surface area (Å²) in [6.45, 7) is 2.54. The Hall–Kier alpha value is -2.28. The van der Waals surface area contributed by atoms with Crippen LogP contribution in [0.15, 0.2) is 42.6 Å². The van der Waals surface area contributed by atoms with Gasteiger partial charge in [-0.3, -0.25) is 9.78 Å². The highest BCUT2D eigenvalue weighted by Crippen LogP contribution is 2.22. The van der Waals surface area contributed by atoms with E-state index in [9.17, 15) is 9.90 Å². The zero-order chi connectivity index (χ0) is 16.9. The van der Waals surface area contributed by atoms with E-state index in [0.29, 0.717) is 37.6 Å². The second-order valence-corrected chi connectivity index (χ2v) is 5.71. The van der Waals surface area contributed by atoms with E-state index < -0.39 is 6.10 Å². The van der Waals surface area contributed by atoms with Gasteiger partial charge in [-0.25, -0.2) is 0 Å². The van der Waals surface area contributed by atoms with Gasteiger partial charge in [-0.05, 0) is 23.8 Å². The molecule has 3 N–H and O–H groups in total. The molecule has 6 nitrogen and oxygen atoms in total. The van der Waals surface area contributed by atoms with E-state index in [0.717, 1.165) is 11.1 Å². The van der Waals surface area contributed by atoms with Gasteiger partial charge in [0.25, 0.3) is 5.91 Å². The number of aromatic nitrogens is 1. The number of hydrogen-bond acceptors (Lipinski definition) is 5. The fourth-order valence-electron chi connectivity index (χ4n) is 2.67. The third-order valence-corrected chi connectivity index (χ3v) is 4.09. The summed E-state index contributed by atoms with van der Waals surface area (Å²) in [5, 5.41) is 9.70. The van der Waals surface area contributed by atoms with Crippen molar-refractivity contribution in [3.8, 4) is 11.1 Å². The highest BCUT2D eigenvalue weighted by molar-refractivity contribution is 5.95. The van der Waals surface area contributed by atoms with E-state index in [-0.39, 0.29) is 12.5 Å². The van der Waals surface area contributed by atoms with Crippen molar-refractivity contribution in [2.45, 2.75) is 6.10 Å². The van der Waals surface area contributed by atoms with Crippen LogP contribution in [0.3, 0.4) is 0 Å². The van der Waals surface area contributed by atoms with Crippen molar-refractivity contribution < 1.29 is 14.6 Å². The molecule has 3 rings (SSSR count). The van der Waals surface area contributed by atoms with E-state index in [4.69, 9.17) is 10.5 Å². The van der Waals surface area contributed by atoms with Crippen LogP contribution in [0.25, 0.3) is 11.1 Å². The quantitative estimate of drug-likeness (QED) is 0.881. The summed E-state index contributed by atoms with van der Waals surface area (Å²) in [4.78, 5) is 18.6. The normalized spacial score (nSPS) is 16.0. The summed E-state index contributed by atoms with van der Waals surface area (Å²) in [6.07, 6.45) is 0.931. The third-order valence-electron chi connectivity index (χ3n) is 4.09. The molecule has 1 amide bonds. The van der Waals surface area contributed by atoms with Crippen molar-refractivity contribution in [1.29, 1.82) is 0 Å². The van der Waals surface area contributed by atoms with Gasteiger partial charge in [-0.15, -0.1) is 0 Å². The predicted molar refractivity (Wildman–Crippen MR) is 90.4 cm³/mol. The molecule has 0 radical (unpaired) electrons. The first-order chi connectivity index (χ1) is 11.7. The van der Waals surface area contributed by atoms with Gasteiger partial charge in [-0.2, -0.15) is 0 Å². The van der Waals surface area contributed by atoms with Crippen molar-refractivity contribution in [2.24, 2.45) is 5.73 Å². The fraction of sp³-hybridized carbons (Fsp3) is 0.333. The summed E-state index contributed by atoms with van der Waals surface area (Å²) in [5.41, 5.74) is 8.43. The molecule has 0 aliphatic carbocycles. The number of aliphatic hydroxyl groups excluding tert-OH is 1. The Balaban J connectivity index is 1.81.